The van der Waals surface area contributed by atoms with Crippen molar-refractivity contribution < 1.29 is 18.4 Å². The van der Waals surface area contributed by atoms with Crippen LogP contribution in [0.25, 0.3) is 0 Å². The van der Waals surface area contributed by atoms with Crippen LogP contribution in [0.5, 0.6) is 0 Å². The number of amides is 1. The van der Waals surface area contributed by atoms with E-state index in [1.807, 2.05) is 33.2 Å². The Morgan fingerprint density at radius 1 is 1.11 bits per heavy atom. The van der Waals surface area contributed by atoms with E-state index in [4.69, 9.17) is 0 Å². The summed E-state index contributed by atoms with van der Waals surface area (Å²) in [5.74, 6) is -3.00. The van der Waals surface area contributed by atoms with Crippen LogP contribution < -0.4 is 5.48 Å². The molecule has 1 rings (SSSR count). The van der Waals surface area contributed by atoms with Crippen LogP contribution in [-0.4, -0.2) is 13.0 Å². The number of halogens is 2. The predicted molar refractivity (Wildman–Crippen MR) is 68.3 cm³/mol. The molecule has 0 radical (unpaired) electrons. The van der Waals surface area contributed by atoms with Gasteiger partial charge in [-0.15, -0.1) is 0 Å². The summed E-state index contributed by atoms with van der Waals surface area (Å²) in [4.78, 5) is 15.4. The molecule has 0 saturated heterocycles. The van der Waals surface area contributed by atoms with Crippen LogP contribution in [0.1, 0.15) is 43.6 Å². The maximum Gasteiger partial charge on any atom is 0.277 e. The first kappa shape index (κ1) is 18.9. The monoisotopic (exact) mass is 261 g/mol. The molecule has 18 heavy (non-hydrogen) atoms. The Morgan fingerprint density at radius 2 is 1.61 bits per heavy atom. The normalized spacial score (nSPS) is 8.44. The van der Waals surface area contributed by atoms with Gasteiger partial charge in [-0.3, -0.25) is 9.63 Å². The van der Waals surface area contributed by atoms with E-state index in [0.29, 0.717) is 0 Å². The number of aryl methyl sites for hydroxylation is 1. The summed E-state index contributed by atoms with van der Waals surface area (Å²) in [5, 5.41) is 0. The number of carbonyl (C=O) groups is 1. The second kappa shape index (κ2) is 10.7. The summed E-state index contributed by atoms with van der Waals surface area (Å²) in [6, 6.07) is 2.52. The summed E-state index contributed by atoms with van der Waals surface area (Å²) in [7, 11) is 1.21. The Balaban J connectivity index is 0. The van der Waals surface area contributed by atoms with Gasteiger partial charge >= 0.3 is 0 Å². The van der Waals surface area contributed by atoms with Gasteiger partial charge in [-0.25, -0.2) is 14.3 Å². The SMILES string of the molecule is CC.CC.CONC(=O)c1ccc(C)c(F)c1F. The number of nitrogens with one attached hydrogen (secondary N) is 1. The highest BCUT2D eigenvalue weighted by molar-refractivity contribution is 5.93. The van der Waals surface area contributed by atoms with Gasteiger partial charge < -0.3 is 0 Å². The molecule has 1 amide bonds. The number of hydrogen-bond acceptors (Lipinski definition) is 2. The first-order chi connectivity index (χ1) is 8.57. The number of rotatable bonds is 2. The van der Waals surface area contributed by atoms with Crippen molar-refractivity contribution in [3.8, 4) is 0 Å². The van der Waals surface area contributed by atoms with Crippen molar-refractivity contribution in [2.24, 2.45) is 0 Å². The molecule has 3 nitrogen and oxygen atoms in total. The molecule has 0 bridgehead atoms. The van der Waals surface area contributed by atoms with Crippen molar-refractivity contribution in [1.82, 2.24) is 5.48 Å². The standard InChI is InChI=1S/C9H9F2NO2.2C2H6/c1-5-3-4-6(8(11)7(5)10)9(13)12-14-2;2*1-2/h3-4H,1-2H3,(H,12,13);2*1-2H3. The Morgan fingerprint density at radius 3 is 2.06 bits per heavy atom. The van der Waals surface area contributed by atoms with E-state index in [2.05, 4.69) is 4.84 Å². The van der Waals surface area contributed by atoms with E-state index in [1.54, 1.807) is 0 Å². The van der Waals surface area contributed by atoms with Gasteiger partial charge in [-0.05, 0) is 18.6 Å². The van der Waals surface area contributed by atoms with Crippen LogP contribution in [0.2, 0.25) is 0 Å². The average molecular weight is 261 g/mol. The first-order valence-electron chi connectivity index (χ1n) is 5.86. The Labute approximate surface area is 107 Å². The molecule has 5 heteroatoms. The van der Waals surface area contributed by atoms with E-state index in [-0.39, 0.29) is 11.1 Å². The molecule has 0 heterocycles. The van der Waals surface area contributed by atoms with Crippen molar-refractivity contribution in [2.45, 2.75) is 34.6 Å². The number of carbonyl (C=O) groups excluding carboxylic acids is 1. The zero-order chi connectivity index (χ0) is 14.7. The van der Waals surface area contributed by atoms with E-state index in [0.717, 1.165) is 0 Å². The van der Waals surface area contributed by atoms with Crippen molar-refractivity contribution in [1.29, 1.82) is 0 Å². The van der Waals surface area contributed by atoms with Gasteiger partial charge in [0.25, 0.3) is 5.91 Å². The van der Waals surface area contributed by atoms with Gasteiger partial charge in [0.05, 0.1) is 12.7 Å². The van der Waals surface area contributed by atoms with Crippen LogP contribution in [0.3, 0.4) is 0 Å². The summed E-state index contributed by atoms with van der Waals surface area (Å²) in [5.41, 5.74) is 1.67. The van der Waals surface area contributed by atoms with E-state index >= 15 is 0 Å². The number of hydroxylamine groups is 1. The van der Waals surface area contributed by atoms with Gasteiger partial charge in [0.1, 0.15) is 0 Å². The first-order valence-corrected chi connectivity index (χ1v) is 5.86. The fraction of sp³-hybridized carbons (Fsp3) is 0.462. The molecule has 0 unspecified atom stereocenters. The largest absolute Gasteiger partial charge is 0.277 e. The molecule has 1 aromatic carbocycles. The van der Waals surface area contributed by atoms with Crippen LogP contribution in [0, 0.1) is 18.6 Å². The van der Waals surface area contributed by atoms with E-state index in [1.165, 1.54) is 26.2 Å². The van der Waals surface area contributed by atoms with Crippen molar-refractivity contribution in [3.63, 3.8) is 0 Å². The molecular formula is C13H21F2NO2. The summed E-state index contributed by atoms with van der Waals surface area (Å²) < 4.78 is 26.1. The van der Waals surface area contributed by atoms with Crippen molar-refractivity contribution in [3.05, 3.63) is 34.9 Å². The fourth-order valence-electron chi connectivity index (χ4n) is 0.969. The highest BCUT2D eigenvalue weighted by Crippen LogP contribution is 2.15. The molecule has 104 valence electrons. The Kier molecular flexibility index (Phi) is 11.2. The fourth-order valence-corrected chi connectivity index (χ4v) is 0.969. The third kappa shape index (κ3) is 5.23. The molecule has 0 fully saturated rings. The highest BCUT2D eigenvalue weighted by atomic mass is 19.2. The molecule has 0 aliphatic carbocycles. The van der Waals surface area contributed by atoms with Gasteiger partial charge in [-0.2, -0.15) is 0 Å². The summed E-state index contributed by atoms with van der Waals surface area (Å²) in [6.45, 7) is 9.41. The topological polar surface area (TPSA) is 38.3 Å². The predicted octanol–water partition coefficient (Wildman–Crippen LogP) is 3.62. The minimum Gasteiger partial charge on any atom is -0.277 e. The third-order valence-electron chi connectivity index (χ3n) is 1.71. The van der Waals surface area contributed by atoms with Gasteiger partial charge in [0.2, 0.25) is 0 Å². The van der Waals surface area contributed by atoms with Crippen LogP contribution in [0.15, 0.2) is 12.1 Å². The van der Waals surface area contributed by atoms with Crippen LogP contribution in [0.4, 0.5) is 8.78 Å². The van der Waals surface area contributed by atoms with Crippen LogP contribution in [-0.2, 0) is 4.84 Å². The van der Waals surface area contributed by atoms with Gasteiger partial charge in [0, 0.05) is 0 Å². The molecule has 0 spiro atoms. The smallest absolute Gasteiger partial charge is 0.277 e. The van der Waals surface area contributed by atoms with Gasteiger partial charge in [0.15, 0.2) is 11.6 Å². The molecule has 0 aliphatic rings. The maximum absolute atomic E-state index is 13.1. The van der Waals surface area contributed by atoms with Crippen LogP contribution >= 0.6 is 0 Å². The third-order valence-corrected chi connectivity index (χ3v) is 1.71. The molecule has 0 atom stereocenters. The van der Waals surface area contributed by atoms with Crippen molar-refractivity contribution in [2.75, 3.05) is 7.11 Å². The minimum absolute atomic E-state index is 0.150. The Bertz CT molecular complexity index is 368. The van der Waals surface area contributed by atoms with Gasteiger partial charge in [-0.1, -0.05) is 33.8 Å². The Hall–Kier alpha value is -1.49. The lowest BCUT2D eigenvalue weighted by atomic mass is 10.1. The second-order valence-electron chi connectivity index (χ2n) is 2.69. The number of benzene rings is 1. The zero-order valence-corrected chi connectivity index (χ0v) is 11.7. The second-order valence-corrected chi connectivity index (χ2v) is 2.69. The highest BCUT2D eigenvalue weighted by Gasteiger charge is 2.16. The van der Waals surface area contributed by atoms with Crippen molar-refractivity contribution >= 4 is 5.91 Å². The molecule has 0 saturated carbocycles. The zero-order valence-electron chi connectivity index (χ0n) is 11.7. The summed E-state index contributed by atoms with van der Waals surface area (Å²) >= 11 is 0. The quantitative estimate of drug-likeness (QED) is 0.826. The molecule has 0 aliphatic heterocycles. The lowest BCUT2D eigenvalue weighted by Crippen LogP contribution is -2.23. The minimum atomic E-state index is -1.17. The lowest BCUT2D eigenvalue weighted by molar-refractivity contribution is 0.0532. The molecular weight excluding hydrogens is 240 g/mol. The van der Waals surface area contributed by atoms with E-state index in [9.17, 15) is 13.6 Å². The summed E-state index contributed by atoms with van der Waals surface area (Å²) in [6.07, 6.45) is 0. The number of hydrogen-bond donors (Lipinski definition) is 1. The lowest BCUT2D eigenvalue weighted by Gasteiger charge is -2.05. The molecule has 0 aromatic heterocycles. The average Bonchev–Trinajstić information content (AvgIpc) is 2.41. The molecule has 1 aromatic rings. The molecule has 1 N–H and O–H groups in total. The van der Waals surface area contributed by atoms with E-state index < -0.39 is 17.5 Å². The maximum atomic E-state index is 13.1.